The van der Waals surface area contributed by atoms with E-state index < -0.39 is 0 Å². The van der Waals surface area contributed by atoms with E-state index in [2.05, 4.69) is 5.10 Å². The molecule has 6 nitrogen and oxygen atoms in total. The SMILES string of the molecule is Cc1c2c(=O)n(-c3ccc(Cl)cc3)[nH]c2cc(=O)n1Cc1cccc(Oc2ccccc2)c1. The topological polar surface area (TPSA) is 69.0 Å². The van der Waals surface area contributed by atoms with Gasteiger partial charge >= 0.3 is 0 Å². The Hall–Kier alpha value is -4.03. The van der Waals surface area contributed by atoms with Crippen molar-refractivity contribution in [1.29, 1.82) is 0 Å². The van der Waals surface area contributed by atoms with E-state index in [0.717, 1.165) is 11.3 Å². The van der Waals surface area contributed by atoms with Crippen LogP contribution in [0.3, 0.4) is 0 Å². The largest absolute Gasteiger partial charge is 0.457 e. The molecule has 0 aliphatic rings. The van der Waals surface area contributed by atoms with Crippen molar-refractivity contribution < 1.29 is 4.74 Å². The molecule has 0 amide bonds. The lowest BCUT2D eigenvalue weighted by molar-refractivity contribution is 0.481. The van der Waals surface area contributed by atoms with Gasteiger partial charge in [0.25, 0.3) is 11.1 Å². The highest BCUT2D eigenvalue weighted by Gasteiger charge is 2.15. The van der Waals surface area contributed by atoms with E-state index in [0.29, 0.717) is 39.6 Å². The number of aromatic nitrogens is 3. The van der Waals surface area contributed by atoms with E-state index in [-0.39, 0.29) is 11.1 Å². The summed E-state index contributed by atoms with van der Waals surface area (Å²) in [7, 11) is 0. The number of halogens is 1. The van der Waals surface area contributed by atoms with E-state index in [4.69, 9.17) is 16.3 Å². The molecule has 3 aromatic carbocycles. The van der Waals surface area contributed by atoms with Crippen LogP contribution in [0.2, 0.25) is 5.02 Å². The van der Waals surface area contributed by atoms with Crippen molar-refractivity contribution in [2.75, 3.05) is 0 Å². The van der Waals surface area contributed by atoms with E-state index in [1.165, 1.54) is 10.7 Å². The number of H-pyrrole nitrogens is 1. The summed E-state index contributed by atoms with van der Waals surface area (Å²) in [5.41, 5.74) is 2.21. The van der Waals surface area contributed by atoms with E-state index in [1.54, 1.807) is 35.8 Å². The second kappa shape index (κ2) is 8.48. The zero-order chi connectivity index (χ0) is 22.9. The second-order valence-electron chi connectivity index (χ2n) is 7.73. The monoisotopic (exact) mass is 457 g/mol. The molecular weight excluding hydrogens is 438 g/mol. The molecule has 2 aromatic heterocycles. The molecule has 0 bridgehead atoms. The number of para-hydroxylation sites is 1. The molecule has 5 aromatic rings. The van der Waals surface area contributed by atoms with E-state index >= 15 is 0 Å². The Kier molecular flexibility index (Phi) is 5.36. The summed E-state index contributed by atoms with van der Waals surface area (Å²) in [6.07, 6.45) is 0. The van der Waals surface area contributed by atoms with Crippen molar-refractivity contribution in [2.24, 2.45) is 0 Å². The second-order valence-corrected chi connectivity index (χ2v) is 8.17. The van der Waals surface area contributed by atoms with Gasteiger partial charge in [0.05, 0.1) is 23.1 Å². The van der Waals surface area contributed by atoms with Gasteiger partial charge in [0.2, 0.25) is 0 Å². The van der Waals surface area contributed by atoms with Gasteiger partial charge in [-0.05, 0) is 61.0 Å². The van der Waals surface area contributed by atoms with Gasteiger partial charge in [-0.1, -0.05) is 41.9 Å². The van der Waals surface area contributed by atoms with Crippen LogP contribution >= 0.6 is 11.6 Å². The molecule has 164 valence electrons. The molecule has 0 aliphatic heterocycles. The Morgan fingerprint density at radius 1 is 0.879 bits per heavy atom. The maximum Gasteiger partial charge on any atom is 0.280 e. The lowest BCUT2D eigenvalue weighted by Gasteiger charge is -2.12. The number of nitrogens with zero attached hydrogens (tertiary/aromatic N) is 2. The number of aromatic amines is 1. The average molecular weight is 458 g/mol. The summed E-state index contributed by atoms with van der Waals surface area (Å²) < 4.78 is 8.94. The summed E-state index contributed by atoms with van der Waals surface area (Å²) in [6.45, 7) is 2.10. The first-order valence-corrected chi connectivity index (χ1v) is 10.8. The van der Waals surface area contributed by atoms with Crippen molar-refractivity contribution in [2.45, 2.75) is 13.5 Å². The number of fused-ring (bicyclic) bond motifs is 1. The molecule has 5 rings (SSSR count). The molecule has 1 N–H and O–H groups in total. The highest BCUT2D eigenvalue weighted by molar-refractivity contribution is 6.30. The number of ether oxygens (including phenoxy) is 1. The third-order valence-corrected chi connectivity index (χ3v) is 5.77. The van der Waals surface area contributed by atoms with Crippen LogP contribution in [0.4, 0.5) is 0 Å². The molecular formula is C26H20ClN3O3. The molecule has 0 unspecified atom stereocenters. The first kappa shape index (κ1) is 20.8. The van der Waals surface area contributed by atoms with Crippen LogP contribution in [0, 0.1) is 6.92 Å². The van der Waals surface area contributed by atoms with Crippen molar-refractivity contribution in [3.8, 4) is 17.2 Å². The van der Waals surface area contributed by atoms with Gasteiger partial charge in [-0.3, -0.25) is 14.7 Å². The van der Waals surface area contributed by atoms with Gasteiger partial charge < -0.3 is 9.30 Å². The lowest BCUT2D eigenvalue weighted by Crippen LogP contribution is -2.23. The Labute approximate surface area is 194 Å². The normalized spacial score (nSPS) is 11.1. The fourth-order valence-electron chi connectivity index (χ4n) is 3.89. The summed E-state index contributed by atoms with van der Waals surface area (Å²) in [4.78, 5) is 26.1. The van der Waals surface area contributed by atoms with Crippen molar-refractivity contribution in [3.05, 3.63) is 122 Å². The Balaban J connectivity index is 1.52. The highest BCUT2D eigenvalue weighted by atomic mass is 35.5. The van der Waals surface area contributed by atoms with Crippen LogP contribution in [-0.4, -0.2) is 14.3 Å². The number of hydrogen-bond donors (Lipinski definition) is 1. The van der Waals surface area contributed by atoms with Crippen LogP contribution < -0.4 is 15.9 Å². The fourth-order valence-corrected chi connectivity index (χ4v) is 4.02. The Bertz CT molecular complexity index is 1570. The van der Waals surface area contributed by atoms with Crippen molar-refractivity contribution in [1.82, 2.24) is 14.3 Å². The van der Waals surface area contributed by atoms with Crippen molar-refractivity contribution >= 4 is 22.5 Å². The van der Waals surface area contributed by atoms with Crippen LogP contribution in [0.5, 0.6) is 11.5 Å². The number of nitrogens with one attached hydrogen (secondary N) is 1. The number of rotatable bonds is 5. The van der Waals surface area contributed by atoms with E-state index in [1.807, 2.05) is 54.6 Å². The molecule has 0 spiro atoms. The number of benzene rings is 3. The first-order chi connectivity index (χ1) is 16.0. The van der Waals surface area contributed by atoms with Crippen LogP contribution in [0.25, 0.3) is 16.6 Å². The summed E-state index contributed by atoms with van der Waals surface area (Å²) in [6, 6.07) is 25.5. The van der Waals surface area contributed by atoms with Gasteiger partial charge in [0.15, 0.2) is 0 Å². The van der Waals surface area contributed by atoms with Crippen LogP contribution in [0.15, 0.2) is 94.5 Å². The van der Waals surface area contributed by atoms with Gasteiger partial charge in [-0.2, -0.15) is 0 Å². The van der Waals surface area contributed by atoms with Crippen molar-refractivity contribution in [3.63, 3.8) is 0 Å². The lowest BCUT2D eigenvalue weighted by atomic mass is 10.2. The Morgan fingerprint density at radius 2 is 1.61 bits per heavy atom. The van der Waals surface area contributed by atoms with Gasteiger partial charge in [0, 0.05) is 16.8 Å². The van der Waals surface area contributed by atoms with E-state index in [9.17, 15) is 9.59 Å². The average Bonchev–Trinajstić information content (AvgIpc) is 3.14. The number of hydrogen-bond acceptors (Lipinski definition) is 3. The van der Waals surface area contributed by atoms with Gasteiger partial charge in [-0.15, -0.1) is 0 Å². The number of pyridine rings is 1. The fraction of sp³-hybridized carbons (Fsp3) is 0.0769. The smallest absolute Gasteiger partial charge is 0.280 e. The highest BCUT2D eigenvalue weighted by Crippen LogP contribution is 2.23. The molecule has 0 fully saturated rings. The minimum absolute atomic E-state index is 0.195. The Morgan fingerprint density at radius 3 is 2.36 bits per heavy atom. The molecule has 0 saturated heterocycles. The molecule has 33 heavy (non-hydrogen) atoms. The third-order valence-electron chi connectivity index (χ3n) is 5.52. The number of aryl methyl sites for hydroxylation is 1. The molecule has 0 radical (unpaired) electrons. The molecule has 2 heterocycles. The minimum atomic E-state index is -0.222. The summed E-state index contributed by atoms with van der Waals surface area (Å²) in [5, 5.41) is 4.09. The molecule has 7 heteroatoms. The zero-order valence-corrected chi connectivity index (χ0v) is 18.5. The standard InChI is InChI=1S/C26H20ClN3O3/c1-17-25-23(28-30(26(25)32)20-12-10-19(27)11-13-20)15-24(31)29(17)16-18-6-5-9-22(14-18)33-21-7-3-2-4-8-21/h2-15,28H,16H2,1H3. The van der Waals surface area contributed by atoms with Gasteiger partial charge in [0.1, 0.15) is 11.5 Å². The molecule has 0 aliphatic carbocycles. The third kappa shape index (κ3) is 4.08. The maximum atomic E-state index is 13.2. The predicted molar refractivity (Wildman–Crippen MR) is 130 cm³/mol. The zero-order valence-electron chi connectivity index (χ0n) is 17.8. The molecule has 0 atom stereocenters. The summed E-state index contributed by atoms with van der Waals surface area (Å²) >= 11 is 5.97. The predicted octanol–water partition coefficient (Wildman–Crippen LogP) is 5.28. The molecule has 0 saturated carbocycles. The van der Waals surface area contributed by atoms with Crippen LogP contribution in [0.1, 0.15) is 11.3 Å². The minimum Gasteiger partial charge on any atom is -0.457 e. The van der Waals surface area contributed by atoms with Gasteiger partial charge in [-0.25, -0.2) is 4.68 Å². The quantitative estimate of drug-likeness (QED) is 0.390. The first-order valence-electron chi connectivity index (χ1n) is 10.4. The van der Waals surface area contributed by atoms with Crippen LogP contribution in [-0.2, 0) is 6.54 Å². The maximum absolute atomic E-state index is 13.2. The summed E-state index contributed by atoms with van der Waals surface area (Å²) in [5.74, 6) is 1.41.